The van der Waals surface area contributed by atoms with Gasteiger partial charge in [-0.15, -0.1) is 0 Å². The van der Waals surface area contributed by atoms with E-state index in [1.165, 1.54) is 11.1 Å². The number of hydrogen-bond donors (Lipinski definition) is 1. The first-order valence-corrected chi connectivity index (χ1v) is 10.4. The van der Waals surface area contributed by atoms with Crippen molar-refractivity contribution in [2.75, 3.05) is 20.7 Å². The SMILES string of the molecule is COc1ccc2c(c1Oc1ccccc1)[C@@]13CCCC[C@@]1(O)[C@@H](C2)N(C)CC3. The maximum atomic E-state index is 12.1. The second kappa shape index (κ2) is 6.50. The maximum absolute atomic E-state index is 12.1. The Morgan fingerprint density at radius 1 is 1.04 bits per heavy atom. The van der Waals surface area contributed by atoms with Crippen LogP contribution in [0, 0.1) is 0 Å². The van der Waals surface area contributed by atoms with E-state index in [-0.39, 0.29) is 11.5 Å². The van der Waals surface area contributed by atoms with Crippen LogP contribution in [0.2, 0.25) is 0 Å². The molecule has 5 rings (SSSR count). The monoisotopic (exact) mass is 379 g/mol. The van der Waals surface area contributed by atoms with Crippen molar-refractivity contribution in [1.82, 2.24) is 4.90 Å². The van der Waals surface area contributed by atoms with Crippen LogP contribution in [0.1, 0.15) is 43.2 Å². The Hall–Kier alpha value is -2.04. The highest BCUT2D eigenvalue weighted by molar-refractivity contribution is 5.60. The van der Waals surface area contributed by atoms with E-state index in [9.17, 15) is 5.11 Å². The number of fused-ring (bicyclic) bond motifs is 1. The molecule has 1 aliphatic heterocycles. The molecule has 1 heterocycles. The third kappa shape index (κ3) is 2.37. The van der Waals surface area contributed by atoms with Crippen LogP contribution >= 0.6 is 0 Å². The molecule has 0 unspecified atom stereocenters. The van der Waals surface area contributed by atoms with Crippen molar-refractivity contribution in [3.8, 4) is 17.2 Å². The number of aliphatic hydroxyl groups is 1. The molecule has 0 spiro atoms. The van der Waals surface area contributed by atoms with Crippen LogP contribution in [0.5, 0.6) is 17.2 Å². The van der Waals surface area contributed by atoms with Crippen LogP contribution in [0.15, 0.2) is 42.5 Å². The number of nitrogens with zero attached hydrogens (tertiary/aromatic N) is 1. The molecule has 1 saturated heterocycles. The first-order valence-electron chi connectivity index (χ1n) is 10.4. The first kappa shape index (κ1) is 18.0. The summed E-state index contributed by atoms with van der Waals surface area (Å²) in [5.41, 5.74) is 1.54. The number of likely N-dealkylation sites (tertiary alicyclic amines) is 1. The molecule has 3 aliphatic rings. The summed E-state index contributed by atoms with van der Waals surface area (Å²) in [6.07, 6.45) is 5.95. The molecule has 3 atom stereocenters. The molecule has 2 aliphatic carbocycles. The van der Waals surface area contributed by atoms with Gasteiger partial charge in [0.05, 0.1) is 12.7 Å². The van der Waals surface area contributed by atoms with E-state index >= 15 is 0 Å². The maximum Gasteiger partial charge on any atom is 0.173 e. The molecule has 0 aromatic heterocycles. The van der Waals surface area contributed by atoms with E-state index in [1.54, 1.807) is 7.11 Å². The van der Waals surface area contributed by atoms with Gasteiger partial charge in [-0.05, 0) is 63.0 Å². The lowest BCUT2D eigenvalue weighted by Gasteiger charge is -2.63. The summed E-state index contributed by atoms with van der Waals surface area (Å²) >= 11 is 0. The topological polar surface area (TPSA) is 41.9 Å². The van der Waals surface area contributed by atoms with Crippen molar-refractivity contribution < 1.29 is 14.6 Å². The fraction of sp³-hybridized carbons (Fsp3) is 0.500. The minimum absolute atomic E-state index is 0.173. The van der Waals surface area contributed by atoms with Crippen molar-refractivity contribution in [3.63, 3.8) is 0 Å². The smallest absolute Gasteiger partial charge is 0.173 e. The summed E-state index contributed by atoms with van der Waals surface area (Å²) in [4.78, 5) is 2.37. The molecule has 1 saturated carbocycles. The molecule has 0 radical (unpaired) electrons. The number of para-hydroxylation sites is 1. The Labute approximate surface area is 167 Å². The molecule has 148 valence electrons. The van der Waals surface area contributed by atoms with Crippen LogP contribution in [0.4, 0.5) is 0 Å². The lowest BCUT2D eigenvalue weighted by atomic mass is 9.49. The highest BCUT2D eigenvalue weighted by Gasteiger charge is 2.63. The molecule has 0 amide bonds. The fourth-order valence-electron chi connectivity index (χ4n) is 6.16. The fourth-order valence-corrected chi connectivity index (χ4v) is 6.16. The zero-order valence-electron chi connectivity index (χ0n) is 16.8. The van der Waals surface area contributed by atoms with Crippen molar-refractivity contribution in [2.24, 2.45) is 0 Å². The lowest BCUT2D eigenvalue weighted by molar-refractivity contribution is -0.160. The zero-order valence-corrected chi connectivity index (χ0v) is 16.8. The third-order valence-electron chi connectivity index (χ3n) is 7.50. The van der Waals surface area contributed by atoms with Gasteiger partial charge in [0.25, 0.3) is 0 Å². The van der Waals surface area contributed by atoms with E-state index in [2.05, 4.69) is 18.0 Å². The Bertz CT molecular complexity index is 883. The lowest BCUT2D eigenvalue weighted by Crippen LogP contribution is -2.71. The minimum atomic E-state index is -0.702. The summed E-state index contributed by atoms with van der Waals surface area (Å²) in [7, 11) is 3.86. The van der Waals surface area contributed by atoms with Gasteiger partial charge in [-0.3, -0.25) is 0 Å². The molecule has 4 nitrogen and oxygen atoms in total. The third-order valence-corrected chi connectivity index (χ3v) is 7.50. The molecule has 2 aromatic rings. The average Bonchev–Trinajstić information content (AvgIpc) is 2.71. The predicted octanol–water partition coefficient (Wildman–Crippen LogP) is 4.29. The van der Waals surface area contributed by atoms with Gasteiger partial charge in [0, 0.05) is 17.0 Å². The highest BCUT2D eigenvalue weighted by atomic mass is 16.5. The van der Waals surface area contributed by atoms with Crippen LogP contribution < -0.4 is 9.47 Å². The van der Waals surface area contributed by atoms with Gasteiger partial charge >= 0.3 is 0 Å². The summed E-state index contributed by atoms with van der Waals surface area (Å²) in [6.45, 7) is 1.01. The Morgan fingerprint density at radius 2 is 1.82 bits per heavy atom. The standard InChI is InChI=1S/C24H29NO3/c1-25-15-14-23-12-6-7-13-24(23,26)20(25)16-17-10-11-19(27-2)22(21(17)23)28-18-8-4-3-5-9-18/h3-5,8-11,20,26H,6-7,12-16H2,1-2H3/t20-,23+,24-/m1/s1. The van der Waals surface area contributed by atoms with E-state index < -0.39 is 5.60 Å². The van der Waals surface area contributed by atoms with Gasteiger partial charge in [0.2, 0.25) is 0 Å². The van der Waals surface area contributed by atoms with Gasteiger partial charge in [0.15, 0.2) is 11.5 Å². The van der Waals surface area contributed by atoms with Gasteiger partial charge < -0.3 is 19.5 Å². The van der Waals surface area contributed by atoms with Crippen molar-refractivity contribution >= 4 is 0 Å². The van der Waals surface area contributed by atoms with Crippen molar-refractivity contribution in [3.05, 3.63) is 53.6 Å². The number of piperidine rings is 1. The Kier molecular flexibility index (Phi) is 4.18. The van der Waals surface area contributed by atoms with Crippen LogP contribution in [-0.2, 0) is 11.8 Å². The van der Waals surface area contributed by atoms with Crippen LogP contribution in [0.25, 0.3) is 0 Å². The average molecular weight is 380 g/mol. The second-order valence-electron chi connectivity index (χ2n) is 8.71. The first-order chi connectivity index (χ1) is 13.6. The van der Waals surface area contributed by atoms with Gasteiger partial charge in [-0.25, -0.2) is 0 Å². The summed E-state index contributed by atoms with van der Waals surface area (Å²) in [5.74, 6) is 2.36. The van der Waals surface area contributed by atoms with Gasteiger partial charge in [-0.1, -0.05) is 37.1 Å². The molecule has 28 heavy (non-hydrogen) atoms. The Morgan fingerprint density at radius 3 is 2.61 bits per heavy atom. The van der Waals surface area contributed by atoms with Crippen LogP contribution in [-0.4, -0.2) is 42.4 Å². The van der Waals surface area contributed by atoms with Crippen molar-refractivity contribution in [2.45, 2.75) is 55.6 Å². The zero-order chi connectivity index (χ0) is 19.4. The van der Waals surface area contributed by atoms with E-state index in [0.29, 0.717) is 0 Å². The number of ether oxygens (including phenoxy) is 2. The number of methoxy groups -OCH3 is 1. The highest BCUT2D eigenvalue weighted by Crippen LogP contribution is 2.61. The quantitative estimate of drug-likeness (QED) is 0.864. The van der Waals surface area contributed by atoms with E-state index in [1.807, 2.05) is 36.4 Å². The molecular weight excluding hydrogens is 350 g/mol. The number of likely N-dealkylation sites (N-methyl/N-ethyl adjacent to an activating group) is 1. The molecule has 2 fully saturated rings. The van der Waals surface area contributed by atoms with E-state index in [0.717, 1.165) is 62.3 Å². The minimum Gasteiger partial charge on any atom is -0.493 e. The summed E-state index contributed by atoms with van der Waals surface area (Å²) in [5, 5.41) is 12.1. The summed E-state index contributed by atoms with van der Waals surface area (Å²) in [6, 6.07) is 14.3. The normalized spacial score (nSPS) is 31.6. The Balaban J connectivity index is 1.74. The molecule has 2 aromatic carbocycles. The van der Waals surface area contributed by atoms with Gasteiger partial charge in [-0.2, -0.15) is 0 Å². The molecule has 2 bridgehead atoms. The molecule has 4 heteroatoms. The number of rotatable bonds is 3. The largest absolute Gasteiger partial charge is 0.493 e. The molecule has 1 N–H and O–H groups in total. The van der Waals surface area contributed by atoms with Crippen LogP contribution in [0.3, 0.4) is 0 Å². The van der Waals surface area contributed by atoms with Gasteiger partial charge in [0.1, 0.15) is 5.75 Å². The number of benzene rings is 2. The predicted molar refractivity (Wildman–Crippen MR) is 109 cm³/mol. The number of hydrogen-bond acceptors (Lipinski definition) is 4. The molecular formula is C24H29NO3. The second-order valence-corrected chi connectivity index (χ2v) is 8.71. The summed E-state index contributed by atoms with van der Waals surface area (Å²) < 4.78 is 12.2. The van der Waals surface area contributed by atoms with E-state index in [4.69, 9.17) is 9.47 Å². The van der Waals surface area contributed by atoms with Crippen molar-refractivity contribution in [1.29, 1.82) is 0 Å².